The molecule has 9 nitrogen and oxygen atoms in total. The van der Waals surface area contributed by atoms with Gasteiger partial charge in [0.2, 0.25) is 13.4 Å². The minimum atomic E-state index is -0.318. The summed E-state index contributed by atoms with van der Waals surface area (Å²) in [6.07, 6.45) is 3.17. The molecule has 0 radical (unpaired) electrons. The van der Waals surface area contributed by atoms with Crippen LogP contribution >= 0.6 is 0 Å². The van der Waals surface area contributed by atoms with Crippen molar-refractivity contribution in [2.24, 2.45) is 0 Å². The van der Waals surface area contributed by atoms with Crippen molar-refractivity contribution in [3.63, 3.8) is 0 Å². The predicted octanol–water partition coefficient (Wildman–Crippen LogP) is 11.7. The summed E-state index contributed by atoms with van der Waals surface area (Å²) >= 11 is 0. The second-order valence-corrected chi connectivity index (χ2v) is 21.6. The summed E-state index contributed by atoms with van der Waals surface area (Å²) in [5.41, 5.74) is 25.1. The average molecular weight is 1410 g/mol. The van der Waals surface area contributed by atoms with Gasteiger partial charge in [0, 0.05) is 98.6 Å². The number of fused-ring (bicyclic) bond motifs is 8. The fraction of sp³-hybridized carbons (Fsp3) is 0.147. The molecule has 8 aromatic carbocycles. The van der Waals surface area contributed by atoms with E-state index in [-0.39, 0.29) is 55.6 Å². The number of benzene rings is 8. The smallest absolute Gasteiger partial charge is 0.214 e. The van der Waals surface area contributed by atoms with Gasteiger partial charge in [-0.1, -0.05) is 53.3 Å². The molecule has 0 fully saturated rings. The van der Waals surface area contributed by atoms with E-state index in [0.29, 0.717) is 39.9 Å². The first kappa shape index (κ1) is 52.5. The standard InChI is InChI=1S/C68H48B2N4O5.2Pt/c1-35-25-37(3)63(38(4)26-35)65-41(7)71-73(43(65)9)48-19-23-56-52(32-48)69-50-29-45(17-21-54(50)76-58-13-11-15-60(78-56)67(58)69)47-31-62(75-34-47)46-18-22-55-51(30-46)70-53-33-49(20-24-57(53)79-61-16-12-14-59(77-55)68(61)70)74-44(10)66(42(8)72-74)64-39(5)27-36(2)28-40(64)6;;/h11-28H,1-10H3;;/q-6;;. The zero-order valence-electron chi connectivity index (χ0n) is 46.0. The van der Waals surface area contributed by atoms with Gasteiger partial charge in [0.1, 0.15) is 23.0 Å². The number of hydrogen-bond acceptors (Lipinski definition) is 7. The van der Waals surface area contributed by atoms with E-state index >= 15 is 0 Å². The average Bonchev–Trinajstić information content (AvgIpc) is 4.26. The van der Waals surface area contributed by atoms with Gasteiger partial charge in [-0.15, -0.1) is 82.2 Å². The van der Waals surface area contributed by atoms with Gasteiger partial charge in [0.05, 0.1) is 11.4 Å². The van der Waals surface area contributed by atoms with Crippen LogP contribution in [0, 0.1) is 106 Å². The summed E-state index contributed by atoms with van der Waals surface area (Å²) in [5.74, 6) is 6.21. The Morgan fingerprint density at radius 3 is 1.19 bits per heavy atom. The van der Waals surface area contributed by atoms with Crippen LogP contribution < -0.4 is 51.7 Å². The molecule has 0 bridgehead atoms. The quantitative estimate of drug-likeness (QED) is 0.121. The summed E-state index contributed by atoms with van der Waals surface area (Å²) in [4.78, 5) is 0. The Kier molecular flexibility index (Phi) is 12.6. The van der Waals surface area contributed by atoms with Gasteiger partial charge < -0.3 is 40.6 Å². The van der Waals surface area contributed by atoms with Crippen molar-refractivity contribution < 1.29 is 65.5 Å². The molecular weight excluding hydrogens is 1360 g/mol. The van der Waals surface area contributed by atoms with E-state index in [0.717, 1.165) is 107 Å². The largest absolute Gasteiger partial charge is 0.631 e. The van der Waals surface area contributed by atoms with Gasteiger partial charge in [-0.3, -0.25) is 9.36 Å². The Balaban J connectivity index is 0.00000309. The molecule has 0 atom stereocenters. The third-order valence-electron chi connectivity index (χ3n) is 16.3. The summed E-state index contributed by atoms with van der Waals surface area (Å²) in [6.45, 7) is 20.8. The molecule has 4 aliphatic heterocycles. The molecule has 0 aliphatic carbocycles. The summed E-state index contributed by atoms with van der Waals surface area (Å²) in [7, 11) is 0. The van der Waals surface area contributed by atoms with Crippen LogP contribution in [0.15, 0.2) is 114 Å². The fourth-order valence-corrected chi connectivity index (χ4v) is 13.2. The van der Waals surface area contributed by atoms with Gasteiger partial charge in [0.25, 0.3) is 0 Å². The Hall–Kier alpha value is -7.83. The number of aryl methyl sites for hydroxylation is 8. The number of ether oxygens (including phenoxy) is 4. The van der Waals surface area contributed by atoms with Crippen LogP contribution in [0.5, 0.6) is 46.0 Å². The SMILES string of the molecule is Cc1cc(C)c(-c2c(C)nn(-c3[c-]c4c(cc3)Oc3cccc5c3B4c3[c-]c(-c4[c-]oc(-c6[c-]c7c(cc6)Oc6cccc8c6B7c6[c-]c(-n7nc(C)c(-c9c(C)cc(C)cc9C)c7C)ccc6O8)[c-]4)ccc3O5)c2C)c(C)c1.[Pt].[Pt]. The Labute approximate surface area is 501 Å². The maximum Gasteiger partial charge on any atom is 0.214 e. The number of nitrogens with zero attached hydrogens (tertiary/aromatic N) is 4. The van der Waals surface area contributed by atoms with Crippen LogP contribution in [-0.4, -0.2) is 33.0 Å². The Morgan fingerprint density at radius 1 is 0.395 bits per heavy atom. The van der Waals surface area contributed by atoms with E-state index in [1.54, 1.807) is 0 Å². The predicted molar refractivity (Wildman–Crippen MR) is 310 cm³/mol. The molecule has 0 spiro atoms. The van der Waals surface area contributed by atoms with Crippen molar-refractivity contribution in [2.45, 2.75) is 69.2 Å². The van der Waals surface area contributed by atoms with E-state index in [1.807, 2.05) is 94.3 Å². The van der Waals surface area contributed by atoms with Crippen LogP contribution in [0.4, 0.5) is 0 Å². The van der Waals surface area contributed by atoms with Gasteiger partial charge >= 0.3 is 0 Å². The normalized spacial score (nSPS) is 12.7. The molecule has 0 amide bonds. The number of hydrogen-bond donors (Lipinski definition) is 0. The zero-order valence-corrected chi connectivity index (χ0v) is 50.6. The van der Waals surface area contributed by atoms with Crippen molar-refractivity contribution in [3.8, 4) is 102 Å². The van der Waals surface area contributed by atoms with E-state index in [1.165, 1.54) is 44.5 Å². The minimum Gasteiger partial charge on any atom is -0.631 e. The fourth-order valence-electron chi connectivity index (χ4n) is 13.2. The third kappa shape index (κ3) is 8.12. The monoisotopic (exact) mass is 1410 g/mol. The molecule has 15 rings (SSSR count). The first-order valence-electron chi connectivity index (χ1n) is 26.7. The van der Waals surface area contributed by atoms with Crippen LogP contribution in [0.3, 0.4) is 0 Å². The molecule has 3 aromatic heterocycles. The maximum absolute atomic E-state index is 6.63. The molecule has 0 saturated heterocycles. The van der Waals surface area contributed by atoms with Gasteiger partial charge in [-0.25, -0.2) is 12.1 Å². The Morgan fingerprint density at radius 2 is 0.765 bits per heavy atom. The second kappa shape index (κ2) is 19.4. The summed E-state index contributed by atoms with van der Waals surface area (Å²) in [6, 6.07) is 55.5. The molecule has 13 heteroatoms. The minimum absolute atomic E-state index is 0. The van der Waals surface area contributed by atoms with Crippen LogP contribution in [0.2, 0.25) is 0 Å². The summed E-state index contributed by atoms with van der Waals surface area (Å²) < 4.78 is 36.8. The van der Waals surface area contributed by atoms with Crippen molar-refractivity contribution in [1.82, 2.24) is 19.6 Å². The number of rotatable bonds is 6. The molecule has 81 heavy (non-hydrogen) atoms. The molecule has 4 aliphatic rings. The van der Waals surface area contributed by atoms with E-state index < -0.39 is 0 Å². The summed E-state index contributed by atoms with van der Waals surface area (Å²) in [5, 5.41) is 10.3. The molecule has 0 N–H and O–H groups in total. The maximum atomic E-state index is 6.63. The van der Waals surface area contributed by atoms with Crippen molar-refractivity contribution in [1.29, 1.82) is 0 Å². The van der Waals surface area contributed by atoms with Crippen LogP contribution in [-0.2, 0) is 42.1 Å². The second-order valence-electron chi connectivity index (χ2n) is 21.6. The van der Waals surface area contributed by atoms with Crippen LogP contribution in [0.25, 0.3) is 56.1 Å². The first-order valence-corrected chi connectivity index (χ1v) is 26.7. The topological polar surface area (TPSA) is 85.7 Å². The van der Waals surface area contributed by atoms with Crippen molar-refractivity contribution >= 4 is 46.2 Å². The zero-order chi connectivity index (χ0) is 53.9. The van der Waals surface area contributed by atoms with E-state index in [9.17, 15) is 0 Å². The number of furan rings is 1. The molecular formula is C68H48B2N4O5Pt2-6. The van der Waals surface area contributed by atoms with Crippen molar-refractivity contribution in [2.75, 3.05) is 0 Å². The van der Waals surface area contributed by atoms with E-state index in [4.69, 9.17) is 33.6 Å². The molecule has 0 unspecified atom stereocenters. The van der Waals surface area contributed by atoms with Crippen LogP contribution in [0.1, 0.15) is 56.2 Å². The van der Waals surface area contributed by atoms with Gasteiger partial charge in [0.15, 0.2) is 0 Å². The van der Waals surface area contributed by atoms with E-state index in [2.05, 4.69) is 130 Å². The third-order valence-corrected chi connectivity index (χ3v) is 16.3. The molecule has 7 heterocycles. The number of aromatic nitrogens is 4. The molecule has 402 valence electrons. The molecule has 11 aromatic rings. The van der Waals surface area contributed by atoms with Gasteiger partial charge in [-0.2, -0.15) is 22.3 Å². The van der Waals surface area contributed by atoms with Crippen molar-refractivity contribution in [3.05, 3.63) is 202 Å². The molecule has 0 saturated carbocycles. The van der Waals surface area contributed by atoms with Gasteiger partial charge in [-0.05, 0) is 138 Å². The first-order chi connectivity index (χ1) is 38.2. The Bertz CT molecular complexity index is 4140.